The number of benzene rings is 1. The van der Waals surface area contributed by atoms with Crippen LogP contribution in [0.5, 0.6) is 5.75 Å². The summed E-state index contributed by atoms with van der Waals surface area (Å²) >= 11 is 0. The van der Waals surface area contributed by atoms with Crippen molar-refractivity contribution < 1.29 is 41.8 Å². The van der Waals surface area contributed by atoms with E-state index >= 15 is 8.78 Å². The highest BCUT2D eigenvalue weighted by atomic mass is 31.2. The topological polar surface area (TPSA) is 185 Å². The van der Waals surface area contributed by atoms with Gasteiger partial charge in [-0.15, -0.1) is 0 Å². The highest BCUT2D eigenvalue weighted by molar-refractivity contribution is 7.52. The van der Waals surface area contributed by atoms with Crippen molar-refractivity contribution in [3.05, 3.63) is 36.7 Å². The molecule has 17 heteroatoms. The summed E-state index contributed by atoms with van der Waals surface area (Å²) in [5, 5.41) is 15.8. The van der Waals surface area contributed by atoms with Gasteiger partial charge in [-0.25, -0.2) is 18.3 Å². The fourth-order valence-electron chi connectivity index (χ4n) is 3.99. The van der Waals surface area contributed by atoms with Gasteiger partial charge in [0.2, 0.25) is 5.95 Å². The number of alkyl halides is 2. The molecule has 0 unspecified atom stereocenters. The molecular weight excluding hydrogens is 543 g/mol. The Kier molecular flexibility index (Phi) is 7.78. The maximum atomic E-state index is 16.1. The number of ether oxygens (including phenoxy) is 2. The zero-order valence-corrected chi connectivity index (χ0v) is 22.3. The van der Waals surface area contributed by atoms with Crippen molar-refractivity contribution in [3.63, 3.8) is 0 Å². The van der Waals surface area contributed by atoms with Gasteiger partial charge in [0.05, 0.1) is 13.4 Å². The Labute approximate surface area is 221 Å². The standard InChI is InChI=1S/C22H28F2N7O7P/c1-12(17(32)35-4)30-39(34,38-13-8-6-5-7-9-13)36-10-22(24)18(33)21(2,23)19(37-22)31-11-27-14-15(26-3)28-20(25)29-16(14)31/h5-9,11-12,18-19,33H,10H2,1-4H3,(H,30,34)(H3,25,26,28,29)/t12-,18+,19-,21-,22-,39-/m1/s1. The Morgan fingerprint density at radius 3 is 2.67 bits per heavy atom. The number of fused-ring (bicyclic) bond motifs is 1. The van der Waals surface area contributed by atoms with E-state index in [0.29, 0.717) is 0 Å². The van der Waals surface area contributed by atoms with Crippen molar-refractivity contribution in [2.75, 3.05) is 31.8 Å². The lowest BCUT2D eigenvalue weighted by Gasteiger charge is -2.28. The van der Waals surface area contributed by atoms with Crippen molar-refractivity contribution in [1.82, 2.24) is 24.6 Å². The van der Waals surface area contributed by atoms with E-state index in [1.54, 1.807) is 25.2 Å². The smallest absolute Gasteiger partial charge is 0.459 e. The zero-order valence-electron chi connectivity index (χ0n) is 21.4. The first-order valence-electron chi connectivity index (χ1n) is 11.6. The van der Waals surface area contributed by atoms with Crippen LogP contribution < -0.4 is 20.7 Å². The van der Waals surface area contributed by atoms with Crippen LogP contribution in [0, 0.1) is 0 Å². The second-order valence-electron chi connectivity index (χ2n) is 8.86. The van der Waals surface area contributed by atoms with E-state index in [9.17, 15) is 14.5 Å². The molecule has 3 aromatic rings. The van der Waals surface area contributed by atoms with E-state index in [1.807, 2.05) is 0 Å². The van der Waals surface area contributed by atoms with Crippen LogP contribution in [-0.4, -0.2) is 75.0 Å². The molecule has 0 aliphatic carbocycles. The van der Waals surface area contributed by atoms with Crippen LogP contribution in [0.25, 0.3) is 11.2 Å². The number of imidazole rings is 1. The van der Waals surface area contributed by atoms with E-state index < -0.39 is 50.2 Å². The summed E-state index contributed by atoms with van der Waals surface area (Å²) in [5.41, 5.74) is 3.17. The number of halogens is 2. The molecule has 39 heavy (non-hydrogen) atoms. The first-order chi connectivity index (χ1) is 18.3. The summed E-state index contributed by atoms with van der Waals surface area (Å²) < 4.78 is 67.2. The molecule has 0 spiro atoms. The zero-order chi connectivity index (χ0) is 28.6. The summed E-state index contributed by atoms with van der Waals surface area (Å²) in [6, 6.07) is 6.50. The predicted octanol–water partition coefficient (Wildman–Crippen LogP) is 2.09. The molecule has 1 aliphatic heterocycles. The van der Waals surface area contributed by atoms with Crippen LogP contribution in [0.2, 0.25) is 0 Å². The summed E-state index contributed by atoms with van der Waals surface area (Å²) in [4.78, 5) is 24.1. The van der Waals surface area contributed by atoms with E-state index in [-0.39, 0.29) is 28.7 Å². The highest BCUT2D eigenvalue weighted by Crippen LogP contribution is 2.52. The molecule has 3 heterocycles. The first kappa shape index (κ1) is 28.6. The van der Waals surface area contributed by atoms with Gasteiger partial charge in [0.25, 0.3) is 5.85 Å². The molecule has 1 aliphatic rings. The Hall–Kier alpha value is -3.43. The van der Waals surface area contributed by atoms with Crippen molar-refractivity contribution in [3.8, 4) is 5.75 Å². The number of rotatable bonds is 10. The third-order valence-electron chi connectivity index (χ3n) is 5.97. The van der Waals surface area contributed by atoms with Gasteiger partial charge >= 0.3 is 13.7 Å². The maximum absolute atomic E-state index is 16.1. The minimum absolute atomic E-state index is 0.00439. The fraction of sp³-hybridized carbons (Fsp3) is 0.455. The van der Waals surface area contributed by atoms with Gasteiger partial charge in [-0.2, -0.15) is 15.1 Å². The molecule has 2 aromatic heterocycles. The molecule has 0 radical (unpaired) electrons. The number of aliphatic hydroxyl groups excluding tert-OH is 1. The minimum Gasteiger partial charge on any atom is -0.468 e. The molecule has 4 rings (SSSR count). The molecule has 1 aromatic carbocycles. The normalized spacial score (nSPS) is 27.2. The third kappa shape index (κ3) is 5.51. The predicted molar refractivity (Wildman–Crippen MR) is 134 cm³/mol. The number of nitrogens with two attached hydrogens (primary N) is 1. The SMILES string of the molecule is CNc1nc(N)nc2c1ncn2[C@@H]1O[C@](F)(CO[P@](=O)(N[C@H](C)C(=O)OC)Oc2ccccc2)[C@@H](O)[C@@]1(C)F. The second-order valence-corrected chi connectivity index (χ2v) is 10.6. The van der Waals surface area contributed by atoms with Gasteiger partial charge in [0.1, 0.15) is 18.4 Å². The quantitative estimate of drug-likeness (QED) is 0.205. The molecule has 14 nitrogen and oxygen atoms in total. The van der Waals surface area contributed by atoms with Crippen LogP contribution in [0.15, 0.2) is 36.7 Å². The number of nitrogens with zero attached hydrogens (tertiary/aromatic N) is 4. The van der Waals surface area contributed by atoms with Gasteiger partial charge in [0, 0.05) is 7.05 Å². The van der Waals surface area contributed by atoms with Crippen molar-refractivity contribution >= 4 is 36.6 Å². The van der Waals surface area contributed by atoms with Gasteiger partial charge < -0.3 is 30.2 Å². The number of hydrogen-bond donors (Lipinski definition) is 4. The van der Waals surface area contributed by atoms with E-state index in [2.05, 4.69) is 30.1 Å². The molecule has 0 bridgehead atoms. The molecule has 212 valence electrons. The van der Waals surface area contributed by atoms with Gasteiger partial charge in [-0.1, -0.05) is 18.2 Å². The largest absolute Gasteiger partial charge is 0.468 e. The van der Waals surface area contributed by atoms with Crippen LogP contribution in [0.1, 0.15) is 20.1 Å². The number of nitrogen functional groups attached to an aromatic ring is 1. The summed E-state index contributed by atoms with van der Waals surface area (Å²) in [6.07, 6.45) is -3.11. The van der Waals surface area contributed by atoms with Crippen LogP contribution in [0.3, 0.4) is 0 Å². The highest BCUT2D eigenvalue weighted by Gasteiger charge is 2.65. The average Bonchev–Trinajstić information content (AvgIpc) is 3.39. The summed E-state index contributed by atoms with van der Waals surface area (Å²) in [7, 11) is -1.86. The van der Waals surface area contributed by atoms with Crippen molar-refractivity contribution in [1.29, 1.82) is 0 Å². The number of esters is 1. The van der Waals surface area contributed by atoms with Crippen LogP contribution in [-0.2, 0) is 23.4 Å². The molecule has 5 N–H and O–H groups in total. The third-order valence-corrected chi connectivity index (χ3v) is 7.59. The number of para-hydroxylation sites is 1. The number of nitrogens with one attached hydrogen (secondary N) is 2. The molecule has 1 fully saturated rings. The van der Waals surface area contributed by atoms with E-state index in [4.69, 9.17) is 19.5 Å². The Bertz CT molecular complexity index is 1400. The fourth-order valence-corrected chi connectivity index (χ4v) is 5.50. The number of aromatic nitrogens is 4. The molecule has 6 atom stereocenters. The Morgan fingerprint density at radius 2 is 2.03 bits per heavy atom. The number of anilines is 2. The number of aliphatic hydroxyl groups is 1. The van der Waals surface area contributed by atoms with Crippen LogP contribution >= 0.6 is 7.75 Å². The number of hydrogen-bond acceptors (Lipinski definition) is 12. The molecule has 0 saturated carbocycles. The van der Waals surface area contributed by atoms with Crippen LogP contribution in [0.4, 0.5) is 20.5 Å². The molecule has 1 saturated heterocycles. The number of carbonyl (C=O) groups is 1. The Balaban J connectivity index is 1.62. The number of carbonyl (C=O) groups excluding carboxylic acids is 1. The average molecular weight is 571 g/mol. The summed E-state index contributed by atoms with van der Waals surface area (Å²) in [6.45, 7) is 0.964. The van der Waals surface area contributed by atoms with Gasteiger partial charge in [-0.3, -0.25) is 13.9 Å². The first-order valence-corrected chi connectivity index (χ1v) is 13.1. The molecular formula is C22H28F2N7O7P. The lowest BCUT2D eigenvalue weighted by Crippen LogP contribution is -2.47. The van der Waals surface area contributed by atoms with E-state index in [0.717, 1.165) is 24.9 Å². The Morgan fingerprint density at radius 1 is 1.33 bits per heavy atom. The van der Waals surface area contributed by atoms with E-state index in [1.165, 1.54) is 19.1 Å². The maximum Gasteiger partial charge on any atom is 0.459 e. The lowest BCUT2D eigenvalue weighted by atomic mass is 9.97. The minimum atomic E-state index is -4.53. The summed E-state index contributed by atoms with van der Waals surface area (Å²) in [5.74, 6) is -3.93. The van der Waals surface area contributed by atoms with Crippen molar-refractivity contribution in [2.45, 2.75) is 43.7 Å². The molecule has 0 amide bonds. The van der Waals surface area contributed by atoms with Gasteiger partial charge in [0.15, 0.2) is 35.0 Å². The monoisotopic (exact) mass is 571 g/mol. The van der Waals surface area contributed by atoms with Gasteiger partial charge in [-0.05, 0) is 26.0 Å². The second kappa shape index (κ2) is 10.6. The lowest BCUT2D eigenvalue weighted by molar-refractivity contribution is -0.202. The van der Waals surface area contributed by atoms with Crippen molar-refractivity contribution in [2.24, 2.45) is 0 Å². The number of methoxy groups -OCH3 is 1.